The number of hydrazone groups is 1. The topological polar surface area (TPSA) is 52.2 Å². The maximum absolute atomic E-state index is 5.35. The summed E-state index contributed by atoms with van der Waals surface area (Å²) in [6.45, 7) is 2.04. The minimum Gasteiger partial charge on any atom is -0.354 e. The summed E-state index contributed by atoms with van der Waals surface area (Å²) in [4.78, 5) is 3.50. The molecule has 0 saturated carbocycles. The number of hydrogen-bond acceptors (Lipinski definition) is 2. The van der Waals surface area contributed by atoms with Crippen LogP contribution in [0.1, 0.15) is 11.1 Å². The van der Waals surface area contributed by atoms with E-state index in [9.17, 15) is 0 Å². The van der Waals surface area contributed by atoms with Gasteiger partial charge in [0.25, 0.3) is 0 Å². The van der Waals surface area contributed by atoms with Crippen LogP contribution in [0.3, 0.4) is 0 Å². The van der Waals surface area contributed by atoms with Crippen molar-refractivity contribution in [3.63, 3.8) is 0 Å². The molecule has 0 fully saturated rings. The van der Waals surface area contributed by atoms with E-state index in [-0.39, 0.29) is 0 Å². The van der Waals surface area contributed by atoms with E-state index in [4.69, 9.17) is 12.2 Å². The Hall–Kier alpha value is -3.44. The van der Waals surface area contributed by atoms with Crippen molar-refractivity contribution in [1.29, 1.82) is 0 Å². The van der Waals surface area contributed by atoms with Crippen LogP contribution in [0.15, 0.2) is 84.0 Å². The van der Waals surface area contributed by atoms with Gasteiger partial charge in [-0.05, 0) is 48.5 Å². The van der Waals surface area contributed by atoms with Crippen molar-refractivity contribution < 1.29 is 0 Å². The zero-order valence-corrected chi connectivity index (χ0v) is 16.3. The number of hydrogen-bond donors (Lipinski definition) is 3. The first-order valence-corrected chi connectivity index (χ1v) is 9.44. The Balaban J connectivity index is 1.58. The molecule has 0 atom stereocenters. The van der Waals surface area contributed by atoms with Crippen molar-refractivity contribution in [1.82, 2.24) is 10.4 Å². The fraction of sp³-hybridized carbons (Fsp3) is 0.0435. The van der Waals surface area contributed by atoms with Crippen LogP contribution in [0.2, 0.25) is 0 Å². The summed E-state index contributed by atoms with van der Waals surface area (Å²) in [6, 6.07) is 26.5. The summed E-state index contributed by atoms with van der Waals surface area (Å²) in [5.41, 5.74) is 9.25. The lowest BCUT2D eigenvalue weighted by molar-refractivity contribution is 1.05. The predicted molar refractivity (Wildman–Crippen MR) is 122 cm³/mol. The van der Waals surface area contributed by atoms with Crippen LogP contribution in [0.5, 0.6) is 0 Å². The van der Waals surface area contributed by atoms with Crippen LogP contribution in [0, 0.1) is 6.92 Å². The molecule has 0 amide bonds. The van der Waals surface area contributed by atoms with Gasteiger partial charge in [0.05, 0.1) is 11.9 Å². The first-order valence-electron chi connectivity index (χ1n) is 9.03. The molecule has 1 aromatic heterocycles. The Morgan fingerprint density at radius 1 is 0.964 bits per heavy atom. The number of rotatable bonds is 4. The highest BCUT2D eigenvalue weighted by molar-refractivity contribution is 7.80. The van der Waals surface area contributed by atoms with Gasteiger partial charge in [-0.3, -0.25) is 5.43 Å². The van der Waals surface area contributed by atoms with E-state index in [1.807, 2.05) is 67.7 Å². The van der Waals surface area contributed by atoms with Gasteiger partial charge in [-0.25, -0.2) is 0 Å². The number of anilines is 1. The number of aromatic nitrogens is 1. The monoisotopic (exact) mass is 384 g/mol. The van der Waals surface area contributed by atoms with Crippen molar-refractivity contribution in [2.75, 3.05) is 5.32 Å². The largest absolute Gasteiger partial charge is 0.354 e. The van der Waals surface area contributed by atoms with E-state index in [1.165, 1.54) is 5.56 Å². The number of thiocarbonyl (C=S) groups is 1. The SMILES string of the molecule is Cc1cccc(NC(=S)N/N=C/c2c(-c3ccccc3)[nH]c3ccccc23)c1. The van der Waals surface area contributed by atoms with Gasteiger partial charge >= 0.3 is 0 Å². The highest BCUT2D eigenvalue weighted by atomic mass is 32.1. The van der Waals surface area contributed by atoms with Crippen molar-refractivity contribution in [2.24, 2.45) is 5.10 Å². The molecular formula is C23H20N4S. The molecule has 1 heterocycles. The third-order valence-corrected chi connectivity index (χ3v) is 4.64. The van der Waals surface area contributed by atoms with Crippen LogP contribution in [-0.2, 0) is 0 Å². The summed E-state index contributed by atoms with van der Waals surface area (Å²) < 4.78 is 0. The summed E-state index contributed by atoms with van der Waals surface area (Å²) >= 11 is 5.35. The lowest BCUT2D eigenvalue weighted by atomic mass is 10.1. The van der Waals surface area contributed by atoms with E-state index < -0.39 is 0 Å². The van der Waals surface area contributed by atoms with Crippen LogP contribution in [0.25, 0.3) is 22.2 Å². The van der Waals surface area contributed by atoms with E-state index in [0.29, 0.717) is 5.11 Å². The third kappa shape index (κ3) is 3.94. The van der Waals surface area contributed by atoms with E-state index in [1.54, 1.807) is 0 Å². The second kappa shape index (κ2) is 8.06. The molecular weight excluding hydrogens is 364 g/mol. The lowest BCUT2D eigenvalue weighted by Crippen LogP contribution is -2.23. The molecule has 0 spiro atoms. The minimum absolute atomic E-state index is 0.447. The summed E-state index contributed by atoms with van der Waals surface area (Å²) in [6.07, 6.45) is 1.81. The maximum atomic E-state index is 5.35. The van der Waals surface area contributed by atoms with Crippen LogP contribution < -0.4 is 10.7 Å². The number of benzene rings is 3. The number of nitrogens with zero attached hydrogens (tertiary/aromatic N) is 1. The number of H-pyrrole nitrogens is 1. The molecule has 3 aromatic carbocycles. The maximum Gasteiger partial charge on any atom is 0.191 e. The fourth-order valence-corrected chi connectivity index (χ4v) is 3.34. The van der Waals surface area contributed by atoms with E-state index in [0.717, 1.165) is 33.4 Å². The number of para-hydroxylation sites is 1. The Morgan fingerprint density at radius 3 is 2.57 bits per heavy atom. The first kappa shape index (κ1) is 17.9. The lowest BCUT2D eigenvalue weighted by Gasteiger charge is -2.07. The standard InChI is InChI=1S/C23H20N4S/c1-16-8-7-11-18(14-16)25-23(28)27-24-15-20-19-12-5-6-13-21(19)26-22(20)17-9-3-2-4-10-17/h2-15,26H,1H3,(H2,25,27,28)/b24-15+. The molecule has 0 aliphatic heterocycles. The van der Waals surface area contributed by atoms with Gasteiger partial charge in [0.2, 0.25) is 0 Å². The smallest absolute Gasteiger partial charge is 0.191 e. The minimum atomic E-state index is 0.447. The normalized spacial score (nSPS) is 11.0. The molecule has 28 heavy (non-hydrogen) atoms. The quantitative estimate of drug-likeness (QED) is 0.249. The van der Waals surface area contributed by atoms with Gasteiger partial charge in [-0.1, -0.05) is 60.7 Å². The molecule has 0 bridgehead atoms. The Labute approximate surface area is 169 Å². The third-order valence-electron chi connectivity index (χ3n) is 4.44. The van der Waals surface area contributed by atoms with Crippen molar-refractivity contribution >= 4 is 40.1 Å². The zero-order chi connectivity index (χ0) is 19.3. The van der Waals surface area contributed by atoms with Gasteiger partial charge < -0.3 is 10.3 Å². The summed E-state index contributed by atoms with van der Waals surface area (Å²) in [5, 5.41) is 9.08. The second-order valence-electron chi connectivity index (χ2n) is 6.52. The van der Waals surface area contributed by atoms with Crippen molar-refractivity contribution in [2.45, 2.75) is 6.92 Å². The summed E-state index contributed by atoms with van der Waals surface area (Å²) in [7, 11) is 0. The van der Waals surface area contributed by atoms with Crippen molar-refractivity contribution in [3.05, 3.63) is 90.0 Å². The number of aryl methyl sites for hydroxylation is 1. The highest BCUT2D eigenvalue weighted by Crippen LogP contribution is 2.28. The number of nitrogens with one attached hydrogen (secondary N) is 3. The van der Waals surface area contributed by atoms with Crippen LogP contribution >= 0.6 is 12.2 Å². The average Bonchev–Trinajstić information content (AvgIpc) is 3.07. The molecule has 138 valence electrons. The van der Waals surface area contributed by atoms with E-state index >= 15 is 0 Å². The van der Waals surface area contributed by atoms with Gasteiger partial charge in [-0.2, -0.15) is 5.10 Å². The van der Waals surface area contributed by atoms with Crippen LogP contribution in [-0.4, -0.2) is 16.3 Å². The predicted octanol–water partition coefficient (Wildman–Crippen LogP) is 5.46. The molecule has 0 radical (unpaired) electrons. The van der Waals surface area contributed by atoms with Crippen molar-refractivity contribution in [3.8, 4) is 11.3 Å². The molecule has 3 N–H and O–H groups in total. The molecule has 4 rings (SSSR count). The average molecular weight is 385 g/mol. The molecule has 5 heteroatoms. The van der Waals surface area contributed by atoms with Crippen LogP contribution in [0.4, 0.5) is 5.69 Å². The van der Waals surface area contributed by atoms with Gasteiger partial charge in [0.1, 0.15) is 0 Å². The Morgan fingerprint density at radius 2 is 1.75 bits per heavy atom. The Kier molecular flexibility index (Phi) is 5.17. The molecule has 0 aliphatic rings. The summed E-state index contributed by atoms with van der Waals surface area (Å²) in [5.74, 6) is 0. The number of aromatic amines is 1. The second-order valence-corrected chi connectivity index (χ2v) is 6.93. The molecule has 4 aromatic rings. The molecule has 0 aliphatic carbocycles. The van der Waals surface area contributed by atoms with E-state index in [2.05, 4.69) is 45.1 Å². The first-order chi connectivity index (χ1) is 13.7. The highest BCUT2D eigenvalue weighted by Gasteiger charge is 2.11. The zero-order valence-electron chi connectivity index (χ0n) is 15.4. The Bertz CT molecular complexity index is 1150. The molecule has 0 unspecified atom stereocenters. The van der Waals surface area contributed by atoms with Gasteiger partial charge in [0.15, 0.2) is 5.11 Å². The fourth-order valence-electron chi connectivity index (χ4n) is 3.17. The van der Waals surface area contributed by atoms with Gasteiger partial charge in [-0.15, -0.1) is 0 Å². The number of fused-ring (bicyclic) bond motifs is 1. The van der Waals surface area contributed by atoms with Gasteiger partial charge in [0, 0.05) is 22.2 Å². The molecule has 0 saturated heterocycles. The molecule has 4 nitrogen and oxygen atoms in total.